The minimum absolute atomic E-state index is 0.165. The van der Waals surface area contributed by atoms with Gasteiger partial charge in [-0.1, -0.05) is 0 Å². The second-order valence-electron chi connectivity index (χ2n) is 6.90. The smallest absolute Gasteiger partial charge is 0.322 e. The molecule has 6 amide bonds. The molecule has 10 N–H and O–H groups in total. The maximum Gasteiger partial charge on any atom is 0.322 e. The number of hydrogen-bond acceptors (Lipinski definition) is 10. The SMILES string of the molecule is CC(N)C(=O)NCC(=O)NC(CS)C(=O)NC(CS)C(=O)NC(CC(N)=O)C(=O)NCC(=O)O. The number of nitrogens with one attached hydrogen (secondary N) is 5. The molecule has 192 valence electrons. The molecule has 0 heterocycles. The van der Waals surface area contributed by atoms with Gasteiger partial charge in [0.15, 0.2) is 0 Å². The fraction of sp³-hybridized carbons (Fsp3) is 0.588. The molecule has 0 aliphatic carbocycles. The number of rotatable bonds is 15. The number of primary amides is 1. The van der Waals surface area contributed by atoms with Crippen LogP contribution >= 0.6 is 25.3 Å². The summed E-state index contributed by atoms with van der Waals surface area (Å²) in [6, 6.07) is -4.84. The zero-order valence-corrected chi connectivity index (χ0v) is 20.0. The monoisotopic (exact) mass is 523 g/mol. The molecule has 0 aromatic carbocycles. The molecule has 34 heavy (non-hydrogen) atoms. The topological polar surface area (TPSA) is 252 Å². The number of carboxylic acid groups (broad SMARTS) is 1. The van der Waals surface area contributed by atoms with E-state index in [-0.39, 0.29) is 11.5 Å². The van der Waals surface area contributed by atoms with Crippen molar-refractivity contribution >= 4 is 66.7 Å². The van der Waals surface area contributed by atoms with E-state index in [1.54, 1.807) is 0 Å². The molecule has 0 saturated heterocycles. The summed E-state index contributed by atoms with van der Waals surface area (Å²) in [6.45, 7) is 0.211. The van der Waals surface area contributed by atoms with Gasteiger partial charge in [0.05, 0.1) is 19.0 Å². The van der Waals surface area contributed by atoms with Crippen LogP contribution in [0.15, 0.2) is 0 Å². The van der Waals surface area contributed by atoms with Crippen LogP contribution in [0.3, 0.4) is 0 Å². The highest BCUT2D eigenvalue weighted by Gasteiger charge is 2.29. The number of thiol groups is 2. The highest BCUT2D eigenvalue weighted by Crippen LogP contribution is 1.98. The Balaban J connectivity index is 5.09. The van der Waals surface area contributed by atoms with E-state index in [9.17, 15) is 33.6 Å². The van der Waals surface area contributed by atoms with Gasteiger partial charge < -0.3 is 43.2 Å². The molecule has 0 radical (unpaired) electrons. The van der Waals surface area contributed by atoms with Crippen LogP contribution in [-0.2, 0) is 33.6 Å². The molecule has 4 atom stereocenters. The number of carbonyl (C=O) groups is 7. The van der Waals surface area contributed by atoms with E-state index in [1.165, 1.54) is 6.92 Å². The van der Waals surface area contributed by atoms with Crippen molar-refractivity contribution in [3.63, 3.8) is 0 Å². The number of carbonyl (C=O) groups excluding carboxylic acids is 6. The first-order valence-electron chi connectivity index (χ1n) is 9.75. The fourth-order valence-electron chi connectivity index (χ4n) is 2.20. The number of aliphatic carboxylic acids is 1. The van der Waals surface area contributed by atoms with Crippen LogP contribution in [0.25, 0.3) is 0 Å². The maximum atomic E-state index is 12.5. The average molecular weight is 524 g/mol. The van der Waals surface area contributed by atoms with Crippen molar-refractivity contribution in [3.8, 4) is 0 Å². The summed E-state index contributed by atoms with van der Waals surface area (Å²) in [7, 11) is 0. The predicted molar refractivity (Wildman–Crippen MR) is 125 cm³/mol. The minimum Gasteiger partial charge on any atom is -0.480 e. The van der Waals surface area contributed by atoms with Gasteiger partial charge in [0.2, 0.25) is 35.4 Å². The molecule has 0 bridgehead atoms. The van der Waals surface area contributed by atoms with Gasteiger partial charge >= 0.3 is 5.97 Å². The average Bonchev–Trinajstić information content (AvgIpc) is 2.76. The van der Waals surface area contributed by atoms with Crippen LogP contribution in [0.5, 0.6) is 0 Å². The van der Waals surface area contributed by atoms with Crippen molar-refractivity contribution in [2.75, 3.05) is 24.6 Å². The zero-order chi connectivity index (χ0) is 26.4. The van der Waals surface area contributed by atoms with E-state index in [1.807, 2.05) is 5.32 Å². The molecule has 0 saturated carbocycles. The third-order valence-electron chi connectivity index (χ3n) is 3.94. The zero-order valence-electron chi connectivity index (χ0n) is 18.2. The van der Waals surface area contributed by atoms with E-state index in [2.05, 4.69) is 46.5 Å². The Morgan fingerprint density at radius 2 is 1.24 bits per heavy atom. The summed E-state index contributed by atoms with van der Waals surface area (Å²) in [5, 5.41) is 19.7. The molecule has 0 rings (SSSR count). The molecule has 0 aromatic rings. The summed E-state index contributed by atoms with van der Waals surface area (Å²) >= 11 is 7.95. The lowest BCUT2D eigenvalue weighted by molar-refractivity contribution is -0.138. The van der Waals surface area contributed by atoms with Crippen molar-refractivity contribution in [2.24, 2.45) is 11.5 Å². The molecule has 0 aromatic heterocycles. The molecular weight excluding hydrogens is 494 g/mol. The summed E-state index contributed by atoms with van der Waals surface area (Å²) in [6.07, 6.45) is -0.632. The summed E-state index contributed by atoms with van der Waals surface area (Å²) < 4.78 is 0. The Kier molecular flexibility index (Phi) is 14.3. The van der Waals surface area contributed by atoms with E-state index < -0.39 is 85.1 Å². The molecule has 0 aliphatic heterocycles. The lowest BCUT2D eigenvalue weighted by Gasteiger charge is -2.23. The second-order valence-corrected chi connectivity index (χ2v) is 7.63. The van der Waals surface area contributed by atoms with Crippen LogP contribution in [0.2, 0.25) is 0 Å². The molecule has 15 nitrogen and oxygen atoms in total. The number of amides is 6. The standard InChI is InChI=1S/C17H29N7O8S2/c1-7(18)14(29)20-3-12(26)22-9(5-33)16(31)24-10(6-34)17(32)23-8(2-11(19)25)15(30)21-4-13(27)28/h7-10,33-34H,2-6,18H2,1H3,(H2,19,25)(H,20,29)(H,21,30)(H,22,26)(H,23,32)(H,24,31)(H,27,28). The van der Waals surface area contributed by atoms with E-state index in [0.717, 1.165) is 0 Å². The lowest BCUT2D eigenvalue weighted by Crippen LogP contribution is -2.58. The van der Waals surface area contributed by atoms with Crippen LogP contribution in [0, 0.1) is 0 Å². The Morgan fingerprint density at radius 3 is 1.68 bits per heavy atom. The highest BCUT2D eigenvalue weighted by molar-refractivity contribution is 7.80. The molecule has 0 fully saturated rings. The first-order chi connectivity index (χ1) is 15.8. The number of carboxylic acids is 1. The van der Waals surface area contributed by atoms with Crippen molar-refractivity contribution in [2.45, 2.75) is 37.5 Å². The van der Waals surface area contributed by atoms with Crippen LogP contribution in [0.1, 0.15) is 13.3 Å². The first kappa shape index (κ1) is 30.9. The number of hydrogen-bond donors (Lipinski definition) is 10. The first-order valence-corrected chi connectivity index (χ1v) is 11.0. The van der Waals surface area contributed by atoms with Gasteiger partial charge in [0.1, 0.15) is 24.7 Å². The summed E-state index contributed by atoms with van der Waals surface area (Å²) in [5.74, 6) is -6.72. The van der Waals surface area contributed by atoms with Gasteiger partial charge in [-0.15, -0.1) is 0 Å². The molecule has 0 spiro atoms. The van der Waals surface area contributed by atoms with E-state index >= 15 is 0 Å². The predicted octanol–water partition coefficient (Wildman–Crippen LogP) is -5.16. The molecule has 17 heteroatoms. The fourth-order valence-corrected chi connectivity index (χ4v) is 2.72. The Bertz CT molecular complexity index is 796. The van der Waals surface area contributed by atoms with Gasteiger partial charge in [-0.05, 0) is 6.92 Å². The normalized spacial score (nSPS) is 13.9. The Labute approximate surface area is 205 Å². The number of nitrogens with two attached hydrogens (primary N) is 2. The van der Waals surface area contributed by atoms with Crippen LogP contribution in [0.4, 0.5) is 0 Å². The van der Waals surface area contributed by atoms with Gasteiger partial charge in [-0.25, -0.2) is 0 Å². The maximum absolute atomic E-state index is 12.5. The summed E-state index contributed by atoms with van der Waals surface area (Å²) in [4.78, 5) is 82.3. The molecule has 4 unspecified atom stereocenters. The minimum atomic E-state index is -1.50. The molecular formula is C17H29N7O8S2. The largest absolute Gasteiger partial charge is 0.480 e. The van der Waals surface area contributed by atoms with Crippen LogP contribution in [-0.4, -0.2) is 95.3 Å². The van der Waals surface area contributed by atoms with Crippen molar-refractivity contribution in [1.82, 2.24) is 26.6 Å². The third-order valence-corrected chi connectivity index (χ3v) is 4.67. The Morgan fingerprint density at radius 1 is 0.765 bits per heavy atom. The van der Waals surface area contributed by atoms with Crippen molar-refractivity contribution in [1.29, 1.82) is 0 Å². The lowest BCUT2D eigenvalue weighted by atomic mass is 10.1. The highest BCUT2D eigenvalue weighted by atomic mass is 32.1. The van der Waals surface area contributed by atoms with E-state index in [4.69, 9.17) is 16.6 Å². The second kappa shape index (κ2) is 15.7. The van der Waals surface area contributed by atoms with Gasteiger partial charge in [-0.2, -0.15) is 25.3 Å². The van der Waals surface area contributed by atoms with Gasteiger partial charge in [0, 0.05) is 11.5 Å². The van der Waals surface area contributed by atoms with Gasteiger partial charge in [0.25, 0.3) is 0 Å². The van der Waals surface area contributed by atoms with Crippen LogP contribution < -0.4 is 38.1 Å². The summed E-state index contributed by atoms with van der Waals surface area (Å²) in [5.41, 5.74) is 10.4. The third kappa shape index (κ3) is 12.3. The van der Waals surface area contributed by atoms with E-state index in [0.29, 0.717) is 0 Å². The van der Waals surface area contributed by atoms with Crippen molar-refractivity contribution in [3.05, 3.63) is 0 Å². The van der Waals surface area contributed by atoms with Gasteiger partial charge in [-0.3, -0.25) is 33.6 Å². The quantitative estimate of drug-likeness (QED) is 0.0920. The Hall–Kier alpha value is -3.05. The molecule has 0 aliphatic rings. The van der Waals surface area contributed by atoms with Crippen molar-refractivity contribution < 1.29 is 38.7 Å².